The van der Waals surface area contributed by atoms with Crippen molar-refractivity contribution in [2.75, 3.05) is 0 Å². The molecular weight excluding hydrogens is 541 g/mol. The summed E-state index contributed by atoms with van der Waals surface area (Å²) in [6.07, 6.45) is 0. The average molecular weight is 571 g/mol. The normalized spacial score (nSPS) is 14.5. The van der Waals surface area contributed by atoms with Crippen molar-refractivity contribution in [3.05, 3.63) is 126 Å². The van der Waals surface area contributed by atoms with Crippen LogP contribution >= 0.6 is 0 Å². The van der Waals surface area contributed by atoms with Crippen molar-refractivity contribution in [2.45, 2.75) is 26.3 Å². The summed E-state index contributed by atoms with van der Waals surface area (Å²) >= 11 is 0. The predicted molar refractivity (Wildman–Crippen MR) is 185 cm³/mol. The van der Waals surface area contributed by atoms with Crippen molar-refractivity contribution in [1.82, 2.24) is 0 Å². The van der Waals surface area contributed by atoms with Gasteiger partial charge in [0.2, 0.25) is 8.32 Å². The molecule has 0 amide bonds. The summed E-state index contributed by atoms with van der Waals surface area (Å²) in [6.45, 7) is 5.30. The smallest absolute Gasteiger partial charge is 0.219 e. The Morgan fingerprint density at radius 3 is 1.53 bits per heavy atom. The van der Waals surface area contributed by atoms with Gasteiger partial charge in [0.05, 0.1) is 13.2 Å². The highest BCUT2D eigenvalue weighted by Gasteiger charge is 2.38. The number of fused-ring (bicyclic) bond motifs is 13. The zero-order valence-corrected chi connectivity index (χ0v) is 25.2. The van der Waals surface area contributed by atoms with Crippen molar-refractivity contribution in [3.8, 4) is 11.1 Å². The molecule has 2 nitrogen and oxygen atoms in total. The van der Waals surface area contributed by atoms with Gasteiger partial charge in [-0.2, -0.15) is 0 Å². The Bertz CT molecular complexity index is 2470. The lowest BCUT2D eigenvalue weighted by molar-refractivity contribution is 0.282. The van der Waals surface area contributed by atoms with Crippen LogP contribution in [0, 0.1) is 0 Å². The van der Waals surface area contributed by atoms with Crippen LogP contribution in [0.15, 0.2) is 115 Å². The second-order valence-electron chi connectivity index (χ2n) is 12.4. The van der Waals surface area contributed by atoms with Gasteiger partial charge in [0.1, 0.15) is 0 Å². The van der Waals surface area contributed by atoms with Gasteiger partial charge in [-0.05, 0) is 123 Å². The quantitative estimate of drug-likeness (QED) is 0.166. The Hall–Kier alpha value is -4.54. The molecule has 0 saturated heterocycles. The maximum atomic E-state index is 10.7. The summed E-state index contributed by atoms with van der Waals surface area (Å²) in [7, 11) is -2.26. The third-order valence-electron chi connectivity index (χ3n) is 9.66. The van der Waals surface area contributed by atoms with E-state index in [1.165, 1.54) is 86.5 Å². The lowest BCUT2D eigenvalue weighted by Crippen LogP contribution is -2.41. The molecule has 8 aromatic carbocycles. The first-order valence-electron chi connectivity index (χ1n) is 15.1. The number of aliphatic hydroxyl groups excluding tert-OH is 1. The maximum absolute atomic E-state index is 10.7. The number of aliphatic hydroxyl groups is 1. The Morgan fingerprint density at radius 1 is 0.558 bits per heavy atom. The summed E-state index contributed by atoms with van der Waals surface area (Å²) in [5.41, 5.74) is 4.70. The minimum Gasteiger partial charge on any atom is -0.409 e. The lowest BCUT2D eigenvalue weighted by atomic mass is 9.84. The van der Waals surface area contributed by atoms with E-state index in [9.17, 15) is 5.11 Å². The Morgan fingerprint density at radius 2 is 1.00 bits per heavy atom. The van der Waals surface area contributed by atoms with Gasteiger partial charge in [-0.15, -0.1) is 0 Å². The maximum Gasteiger partial charge on any atom is 0.219 e. The molecule has 9 rings (SSSR count). The average Bonchev–Trinajstić information content (AvgIpc) is 3.37. The van der Waals surface area contributed by atoms with Gasteiger partial charge in [-0.1, -0.05) is 97.1 Å². The Labute approximate surface area is 250 Å². The third-order valence-corrected chi connectivity index (χ3v) is 12.3. The van der Waals surface area contributed by atoms with E-state index in [0.717, 1.165) is 5.56 Å². The van der Waals surface area contributed by atoms with Gasteiger partial charge in [0.25, 0.3) is 0 Å². The van der Waals surface area contributed by atoms with Gasteiger partial charge in [0.15, 0.2) is 0 Å². The molecule has 0 radical (unpaired) electrons. The molecule has 1 N–H and O–H groups in total. The van der Waals surface area contributed by atoms with Crippen molar-refractivity contribution in [1.29, 1.82) is 0 Å². The first kappa shape index (κ1) is 25.0. The van der Waals surface area contributed by atoms with E-state index in [-0.39, 0.29) is 6.61 Å². The topological polar surface area (TPSA) is 29.5 Å². The van der Waals surface area contributed by atoms with Gasteiger partial charge in [0, 0.05) is 0 Å². The largest absolute Gasteiger partial charge is 0.409 e. The number of hydrogen-bond donors (Lipinski definition) is 1. The lowest BCUT2D eigenvalue weighted by Gasteiger charge is -2.25. The molecule has 0 unspecified atom stereocenters. The summed E-state index contributed by atoms with van der Waals surface area (Å²) in [4.78, 5) is 0. The highest BCUT2D eigenvalue weighted by molar-refractivity contribution is 6.87. The van der Waals surface area contributed by atoms with Crippen LogP contribution < -0.4 is 5.19 Å². The van der Waals surface area contributed by atoms with Gasteiger partial charge in [-0.25, -0.2) is 0 Å². The van der Waals surface area contributed by atoms with Crippen LogP contribution in [-0.2, 0) is 17.6 Å². The Balaban J connectivity index is 1.62. The van der Waals surface area contributed by atoms with Crippen molar-refractivity contribution < 1.29 is 9.53 Å². The minimum absolute atomic E-state index is 0.0158. The zero-order valence-electron chi connectivity index (χ0n) is 24.2. The molecule has 0 atom stereocenters. The molecule has 0 saturated carbocycles. The fourth-order valence-electron chi connectivity index (χ4n) is 7.90. The number of rotatable bonds is 2. The van der Waals surface area contributed by atoms with Crippen molar-refractivity contribution in [3.63, 3.8) is 0 Å². The van der Waals surface area contributed by atoms with E-state index in [2.05, 4.69) is 128 Å². The molecule has 8 aromatic rings. The summed E-state index contributed by atoms with van der Waals surface area (Å²) in [5, 5.41) is 27.1. The van der Waals surface area contributed by atoms with E-state index in [1.807, 2.05) is 0 Å². The molecule has 1 aliphatic rings. The summed E-state index contributed by atoms with van der Waals surface area (Å²) < 4.78 is 6.68. The number of benzene rings is 8. The van der Waals surface area contributed by atoms with Gasteiger partial charge >= 0.3 is 0 Å². The van der Waals surface area contributed by atoms with E-state index in [0.29, 0.717) is 6.61 Å². The van der Waals surface area contributed by atoms with E-state index < -0.39 is 8.32 Å². The molecule has 1 aliphatic heterocycles. The molecule has 1 heterocycles. The summed E-state index contributed by atoms with van der Waals surface area (Å²) in [6, 6.07) is 42.1. The van der Waals surface area contributed by atoms with Crippen LogP contribution in [-0.4, -0.2) is 13.4 Å². The molecule has 0 bridgehead atoms. The Kier molecular flexibility index (Phi) is 5.22. The molecule has 0 fully saturated rings. The van der Waals surface area contributed by atoms with Crippen LogP contribution in [0.3, 0.4) is 0 Å². The third kappa shape index (κ3) is 3.41. The van der Waals surface area contributed by atoms with E-state index in [4.69, 9.17) is 4.43 Å². The van der Waals surface area contributed by atoms with Gasteiger partial charge < -0.3 is 9.53 Å². The zero-order chi connectivity index (χ0) is 28.9. The van der Waals surface area contributed by atoms with Crippen LogP contribution in [0.5, 0.6) is 0 Å². The highest BCUT2D eigenvalue weighted by Crippen LogP contribution is 2.47. The van der Waals surface area contributed by atoms with Crippen LogP contribution in [0.25, 0.3) is 75.8 Å². The molecule has 0 aromatic heterocycles. The molecule has 0 spiro atoms. The molecular formula is C40H30O2Si. The first-order valence-corrected chi connectivity index (χ1v) is 18.0. The highest BCUT2D eigenvalue weighted by atomic mass is 28.4. The van der Waals surface area contributed by atoms with Crippen molar-refractivity contribution in [2.24, 2.45) is 0 Å². The molecule has 0 aliphatic carbocycles. The minimum atomic E-state index is -2.26. The SMILES string of the molecule is C[Si]1(C)OCc2cc3c4ccccc4c4ccccc4c3c(-c3cc(CO)cc4c5ccccc5c5ccccc5c34)c21. The second kappa shape index (κ2) is 8.98. The fourth-order valence-corrected chi connectivity index (χ4v) is 10.3. The standard InChI is InChI=1S/C40H30O2Si/c1-43(2)40-25(23-42-43)21-35-31-16-6-4-12-27(31)29-14-8-10-18-33(29)38(35)39(40)36-20-24(22-41)19-34-30-15-5-3-11-26(30)28-13-7-9-17-32(28)37(34)36/h3-21,41H,22-23H2,1-2H3. The van der Waals surface area contributed by atoms with Crippen LogP contribution in [0.4, 0.5) is 0 Å². The molecule has 43 heavy (non-hydrogen) atoms. The van der Waals surface area contributed by atoms with Crippen LogP contribution in [0.1, 0.15) is 11.1 Å². The monoisotopic (exact) mass is 570 g/mol. The summed E-state index contributed by atoms with van der Waals surface area (Å²) in [5.74, 6) is 0. The van der Waals surface area contributed by atoms with E-state index >= 15 is 0 Å². The van der Waals surface area contributed by atoms with Crippen LogP contribution in [0.2, 0.25) is 13.1 Å². The van der Waals surface area contributed by atoms with Gasteiger partial charge in [-0.3, -0.25) is 0 Å². The van der Waals surface area contributed by atoms with Crippen molar-refractivity contribution >= 4 is 78.1 Å². The second-order valence-corrected chi connectivity index (χ2v) is 16.2. The molecule has 206 valence electrons. The van der Waals surface area contributed by atoms with E-state index in [1.54, 1.807) is 0 Å². The molecule has 3 heteroatoms. The number of hydrogen-bond acceptors (Lipinski definition) is 2. The first-order chi connectivity index (χ1) is 21.0. The fraction of sp³-hybridized carbons (Fsp3) is 0.100. The predicted octanol–water partition coefficient (Wildman–Crippen LogP) is 9.71.